The van der Waals surface area contributed by atoms with Crippen molar-refractivity contribution in [2.75, 3.05) is 12.3 Å². The minimum absolute atomic E-state index is 0.403. The molecule has 2 atom stereocenters. The predicted molar refractivity (Wildman–Crippen MR) is 69.8 cm³/mol. The highest BCUT2D eigenvalue weighted by Gasteiger charge is 2.26. The number of hydrogen-bond donors (Lipinski definition) is 1. The Labute approximate surface area is 102 Å². The Bertz CT molecular complexity index is 280. The van der Waals surface area contributed by atoms with E-state index in [1.165, 1.54) is 31.4 Å². The molecule has 2 heterocycles. The monoisotopic (exact) mass is 239 g/mol. The molecule has 1 saturated heterocycles. The van der Waals surface area contributed by atoms with Gasteiger partial charge in [-0.1, -0.05) is 13.3 Å². The average Bonchev–Trinajstić information content (AvgIpc) is 2.85. The van der Waals surface area contributed by atoms with Gasteiger partial charge in [0.15, 0.2) is 0 Å². The average molecular weight is 239 g/mol. The highest BCUT2D eigenvalue weighted by molar-refractivity contribution is 8.00. The minimum atomic E-state index is 0.403. The smallest absolute Gasteiger partial charge is 0.121 e. The first-order valence-corrected chi connectivity index (χ1v) is 7.35. The van der Waals surface area contributed by atoms with Crippen LogP contribution in [0.15, 0.2) is 22.8 Å². The van der Waals surface area contributed by atoms with Gasteiger partial charge in [-0.3, -0.25) is 0 Å². The quantitative estimate of drug-likeness (QED) is 0.850. The lowest BCUT2D eigenvalue weighted by Crippen LogP contribution is -2.32. The molecular formula is C13H21NOS. The molecule has 0 aromatic carbocycles. The molecule has 1 aliphatic rings. The summed E-state index contributed by atoms with van der Waals surface area (Å²) in [6, 6.07) is 4.49. The maximum Gasteiger partial charge on any atom is 0.121 e. The topological polar surface area (TPSA) is 25.2 Å². The van der Waals surface area contributed by atoms with Crippen LogP contribution >= 0.6 is 11.8 Å². The summed E-state index contributed by atoms with van der Waals surface area (Å²) >= 11 is 2.10. The van der Waals surface area contributed by atoms with Crippen LogP contribution in [0.5, 0.6) is 0 Å². The van der Waals surface area contributed by atoms with Crippen LogP contribution in [0.4, 0.5) is 0 Å². The van der Waals surface area contributed by atoms with Crippen molar-refractivity contribution in [2.45, 2.75) is 43.9 Å². The van der Waals surface area contributed by atoms with E-state index in [4.69, 9.17) is 4.42 Å². The van der Waals surface area contributed by atoms with Crippen molar-refractivity contribution < 1.29 is 4.42 Å². The molecule has 0 bridgehead atoms. The van der Waals surface area contributed by atoms with Crippen molar-refractivity contribution in [2.24, 2.45) is 0 Å². The molecule has 0 radical (unpaired) electrons. The van der Waals surface area contributed by atoms with Crippen molar-refractivity contribution >= 4 is 11.8 Å². The van der Waals surface area contributed by atoms with E-state index in [1.54, 1.807) is 6.26 Å². The normalized spacial score (nSPS) is 23.2. The lowest BCUT2D eigenvalue weighted by atomic mass is 10.0. The molecule has 0 saturated carbocycles. The van der Waals surface area contributed by atoms with Gasteiger partial charge in [-0.15, -0.1) is 0 Å². The standard InChI is InChI=1S/C13H21NOS/c1-2-8-14-13(11-6-5-9-15-11)12-7-3-4-10-16-12/h5-6,9,12-14H,2-4,7-8,10H2,1H3. The molecule has 1 fully saturated rings. The Kier molecular flexibility index (Phi) is 4.79. The lowest BCUT2D eigenvalue weighted by molar-refractivity contribution is 0.390. The number of nitrogens with one attached hydrogen (secondary N) is 1. The van der Waals surface area contributed by atoms with Crippen molar-refractivity contribution in [3.63, 3.8) is 0 Å². The van der Waals surface area contributed by atoms with E-state index < -0.39 is 0 Å². The number of thioether (sulfide) groups is 1. The SMILES string of the molecule is CCCNC(c1ccco1)C1CCCCS1. The third kappa shape index (κ3) is 3.05. The molecule has 1 aliphatic heterocycles. The third-order valence-corrected chi connectivity index (χ3v) is 4.51. The first-order valence-electron chi connectivity index (χ1n) is 6.30. The number of hydrogen-bond acceptors (Lipinski definition) is 3. The molecular weight excluding hydrogens is 218 g/mol. The summed E-state index contributed by atoms with van der Waals surface area (Å²) in [5.41, 5.74) is 0. The van der Waals surface area contributed by atoms with E-state index in [0.717, 1.165) is 12.3 Å². The van der Waals surface area contributed by atoms with Crippen LogP contribution in [0, 0.1) is 0 Å². The van der Waals surface area contributed by atoms with Crippen LogP contribution in [0.2, 0.25) is 0 Å². The van der Waals surface area contributed by atoms with E-state index in [1.807, 2.05) is 6.07 Å². The first-order chi connectivity index (χ1) is 7.92. The minimum Gasteiger partial charge on any atom is -0.468 e. The molecule has 3 heteroatoms. The van der Waals surface area contributed by atoms with Gasteiger partial charge < -0.3 is 9.73 Å². The van der Waals surface area contributed by atoms with Gasteiger partial charge in [-0.2, -0.15) is 11.8 Å². The van der Waals surface area contributed by atoms with E-state index in [0.29, 0.717) is 11.3 Å². The van der Waals surface area contributed by atoms with Gasteiger partial charge in [-0.05, 0) is 43.7 Å². The molecule has 0 aliphatic carbocycles. The van der Waals surface area contributed by atoms with Crippen molar-refractivity contribution in [3.8, 4) is 0 Å². The molecule has 0 spiro atoms. The summed E-state index contributed by atoms with van der Waals surface area (Å²) in [6.45, 7) is 3.28. The van der Waals surface area contributed by atoms with E-state index in [-0.39, 0.29) is 0 Å². The van der Waals surface area contributed by atoms with E-state index in [9.17, 15) is 0 Å². The van der Waals surface area contributed by atoms with Crippen LogP contribution < -0.4 is 5.32 Å². The molecule has 16 heavy (non-hydrogen) atoms. The summed E-state index contributed by atoms with van der Waals surface area (Å²) < 4.78 is 5.57. The zero-order valence-electron chi connectivity index (χ0n) is 9.95. The zero-order chi connectivity index (χ0) is 11.2. The highest BCUT2D eigenvalue weighted by Crippen LogP contribution is 2.34. The Morgan fingerprint density at radius 1 is 1.56 bits per heavy atom. The van der Waals surface area contributed by atoms with Gasteiger partial charge in [0.05, 0.1) is 12.3 Å². The van der Waals surface area contributed by atoms with Crippen LogP contribution in [0.25, 0.3) is 0 Å². The van der Waals surface area contributed by atoms with Crippen LogP contribution in [-0.2, 0) is 0 Å². The second-order valence-electron chi connectivity index (χ2n) is 4.35. The Balaban J connectivity index is 2.01. The Hall–Kier alpha value is -0.410. The molecule has 1 N–H and O–H groups in total. The summed E-state index contributed by atoms with van der Waals surface area (Å²) in [7, 11) is 0. The first kappa shape index (κ1) is 12.1. The molecule has 0 amide bonds. The lowest BCUT2D eigenvalue weighted by Gasteiger charge is -2.29. The van der Waals surface area contributed by atoms with Gasteiger partial charge in [-0.25, -0.2) is 0 Å². The van der Waals surface area contributed by atoms with Gasteiger partial charge in [0.1, 0.15) is 5.76 Å². The van der Waals surface area contributed by atoms with E-state index >= 15 is 0 Å². The van der Waals surface area contributed by atoms with Gasteiger partial charge >= 0.3 is 0 Å². The van der Waals surface area contributed by atoms with Crippen LogP contribution in [0.3, 0.4) is 0 Å². The second-order valence-corrected chi connectivity index (χ2v) is 5.70. The zero-order valence-corrected chi connectivity index (χ0v) is 10.8. The van der Waals surface area contributed by atoms with Gasteiger partial charge in [0, 0.05) is 5.25 Å². The van der Waals surface area contributed by atoms with Crippen LogP contribution in [0.1, 0.15) is 44.4 Å². The summed E-state index contributed by atoms with van der Waals surface area (Å²) in [6.07, 6.45) is 7.01. The molecule has 2 nitrogen and oxygen atoms in total. The molecule has 1 aromatic rings. The molecule has 2 rings (SSSR count). The summed E-state index contributed by atoms with van der Waals surface area (Å²) in [5, 5.41) is 4.31. The predicted octanol–water partition coefficient (Wildman–Crippen LogP) is 3.61. The molecule has 1 aromatic heterocycles. The Morgan fingerprint density at radius 2 is 2.50 bits per heavy atom. The van der Waals surface area contributed by atoms with Gasteiger partial charge in [0.25, 0.3) is 0 Å². The van der Waals surface area contributed by atoms with E-state index in [2.05, 4.69) is 30.1 Å². The fraction of sp³-hybridized carbons (Fsp3) is 0.692. The second kappa shape index (κ2) is 6.36. The Morgan fingerprint density at radius 3 is 3.12 bits per heavy atom. The van der Waals surface area contributed by atoms with Crippen LogP contribution in [-0.4, -0.2) is 17.5 Å². The summed E-state index contributed by atoms with van der Waals surface area (Å²) in [5.74, 6) is 2.41. The largest absolute Gasteiger partial charge is 0.468 e. The molecule has 90 valence electrons. The summed E-state index contributed by atoms with van der Waals surface area (Å²) in [4.78, 5) is 0. The van der Waals surface area contributed by atoms with Crippen molar-refractivity contribution in [1.82, 2.24) is 5.32 Å². The highest BCUT2D eigenvalue weighted by atomic mass is 32.2. The van der Waals surface area contributed by atoms with Crippen molar-refractivity contribution in [1.29, 1.82) is 0 Å². The maximum atomic E-state index is 5.57. The maximum absolute atomic E-state index is 5.57. The number of furan rings is 1. The number of rotatable bonds is 5. The van der Waals surface area contributed by atoms with Crippen molar-refractivity contribution in [3.05, 3.63) is 24.2 Å². The fourth-order valence-corrected chi connectivity index (χ4v) is 3.64. The fourth-order valence-electron chi connectivity index (χ4n) is 2.21. The molecule has 2 unspecified atom stereocenters. The third-order valence-electron chi connectivity index (χ3n) is 3.05. The van der Waals surface area contributed by atoms with Gasteiger partial charge in [0.2, 0.25) is 0 Å².